The number of rotatable bonds is 1. The Morgan fingerprint density at radius 2 is 1.87 bits per heavy atom. The average molecular weight is 295 g/mol. The van der Waals surface area contributed by atoms with Gasteiger partial charge in [0.05, 0.1) is 5.02 Å². The van der Waals surface area contributed by atoms with Crippen LogP contribution in [-0.2, 0) is 0 Å². The van der Waals surface area contributed by atoms with Crippen LogP contribution in [0.25, 0.3) is 0 Å². The van der Waals surface area contributed by atoms with Gasteiger partial charge >= 0.3 is 12.2 Å². The summed E-state index contributed by atoms with van der Waals surface area (Å²) in [6.45, 7) is 0. The lowest BCUT2D eigenvalue weighted by Crippen LogP contribution is -2.35. The Kier molecular flexibility index (Phi) is 3.48. The molecule has 0 unspecified atom stereocenters. The molecule has 0 radical (unpaired) electrons. The van der Waals surface area contributed by atoms with Gasteiger partial charge < -0.3 is 10.2 Å². The number of nitrogens with zero attached hydrogens (tertiary/aromatic N) is 2. The minimum atomic E-state index is -1.63. The Balaban J connectivity index is 3.18. The van der Waals surface area contributed by atoms with E-state index >= 15 is 0 Å². The third-order valence-corrected chi connectivity index (χ3v) is 2.54. The molecule has 8 heteroatoms. The molecule has 2 amide bonds. The highest BCUT2D eigenvalue weighted by Crippen LogP contribution is 2.23. The molecule has 0 aliphatic rings. The van der Waals surface area contributed by atoms with Crippen LogP contribution in [-0.4, -0.2) is 27.4 Å². The number of amides is 2. The van der Waals surface area contributed by atoms with E-state index in [1.807, 2.05) is 0 Å². The van der Waals surface area contributed by atoms with Gasteiger partial charge in [0.2, 0.25) is 0 Å². The van der Waals surface area contributed by atoms with E-state index in [-0.39, 0.29) is 20.3 Å². The predicted octanol–water partition coefficient (Wildman–Crippen LogP) is 2.66. The molecule has 6 nitrogen and oxygen atoms in total. The molecule has 1 aromatic heterocycles. The Labute approximate surface area is 97.2 Å². The van der Waals surface area contributed by atoms with E-state index in [1.165, 1.54) is 12.1 Å². The second-order valence-electron chi connectivity index (χ2n) is 2.34. The van der Waals surface area contributed by atoms with Crippen LogP contribution in [0.1, 0.15) is 0 Å². The molecule has 0 spiro atoms. The molecule has 0 aliphatic carbocycles. The molecular formula is C7H4BrClN2O4. The maximum absolute atomic E-state index is 10.6. The quantitative estimate of drug-likeness (QED) is 0.777. The number of aromatic nitrogens is 1. The van der Waals surface area contributed by atoms with Gasteiger partial charge in [-0.2, -0.15) is 4.90 Å². The van der Waals surface area contributed by atoms with Crippen LogP contribution in [0.5, 0.6) is 0 Å². The smallest absolute Gasteiger partial charge is 0.422 e. The lowest BCUT2D eigenvalue weighted by molar-refractivity contribution is 0.184. The van der Waals surface area contributed by atoms with E-state index in [0.29, 0.717) is 0 Å². The second-order valence-corrected chi connectivity index (χ2v) is 3.50. The number of imide groups is 1. The molecule has 0 aromatic carbocycles. The van der Waals surface area contributed by atoms with Crippen LogP contribution in [0, 0.1) is 0 Å². The van der Waals surface area contributed by atoms with Crippen molar-refractivity contribution in [2.45, 2.75) is 0 Å². The van der Waals surface area contributed by atoms with Crippen molar-refractivity contribution in [1.82, 2.24) is 4.98 Å². The molecule has 0 bridgehead atoms. The van der Waals surface area contributed by atoms with Crippen LogP contribution in [0.15, 0.2) is 16.7 Å². The Bertz CT molecular complexity index is 411. The fourth-order valence-electron chi connectivity index (χ4n) is 0.810. The molecule has 1 aromatic rings. The van der Waals surface area contributed by atoms with Gasteiger partial charge in [0.25, 0.3) is 0 Å². The molecule has 80 valence electrons. The van der Waals surface area contributed by atoms with Crippen molar-refractivity contribution < 1.29 is 19.8 Å². The highest BCUT2D eigenvalue weighted by Gasteiger charge is 2.23. The summed E-state index contributed by atoms with van der Waals surface area (Å²) in [4.78, 5) is 24.9. The average Bonchev–Trinajstić information content (AvgIpc) is 2.10. The van der Waals surface area contributed by atoms with Crippen molar-refractivity contribution in [1.29, 1.82) is 0 Å². The molecule has 0 atom stereocenters. The minimum Gasteiger partial charge on any atom is -0.464 e. The van der Waals surface area contributed by atoms with Gasteiger partial charge in [-0.1, -0.05) is 11.6 Å². The number of hydrogen-bond acceptors (Lipinski definition) is 3. The van der Waals surface area contributed by atoms with Crippen molar-refractivity contribution in [3.63, 3.8) is 0 Å². The molecule has 15 heavy (non-hydrogen) atoms. The molecule has 2 N–H and O–H groups in total. The fourth-order valence-corrected chi connectivity index (χ4v) is 1.23. The van der Waals surface area contributed by atoms with E-state index in [4.69, 9.17) is 21.8 Å². The molecular weight excluding hydrogens is 291 g/mol. The van der Waals surface area contributed by atoms with E-state index in [9.17, 15) is 9.59 Å². The fraction of sp³-hybridized carbons (Fsp3) is 0. The largest absolute Gasteiger partial charge is 0.464 e. The van der Waals surface area contributed by atoms with E-state index in [1.54, 1.807) is 0 Å². The highest BCUT2D eigenvalue weighted by atomic mass is 79.9. The first-order valence-corrected chi connectivity index (χ1v) is 4.68. The maximum Gasteiger partial charge on any atom is 0.422 e. The van der Waals surface area contributed by atoms with Gasteiger partial charge in [-0.3, -0.25) is 0 Å². The zero-order chi connectivity index (χ0) is 11.6. The van der Waals surface area contributed by atoms with E-state index in [0.717, 1.165) is 0 Å². The number of hydrogen-bond donors (Lipinski definition) is 2. The first kappa shape index (κ1) is 11.7. The first-order chi connectivity index (χ1) is 6.93. The summed E-state index contributed by atoms with van der Waals surface area (Å²) in [6.07, 6.45) is -3.27. The van der Waals surface area contributed by atoms with Crippen LogP contribution < -0.4 is 4.90 Å². The molecule has 0 saturated heterocycles. The third-order valence-electron chi connectivity index (χ3n) is 1.40. The Hall–Kier alpha value is -1.34. The zero-order valence-corrected chi connectivity index (χ0v) is 9.36. The predicted molar refractivity (Wildman–Crippen MR) is 55.5 cm³/mol. The van der Waals surface area contributed by atoms with E-state index < -0.39 is 12.2 Å². The van der Waals surface area contributed by atoms with Crippen molar-refractivity contribution in [2.24, 2.45) is 0 Å². The number of pyridine rings is 1. The van der Waals surface area contributed by atoms with Gasteiger partial charge in [0.15, 0.2) is 0 Å². The number of carbonyl (C=O) groups is 2. The topological polar surface area (TPSA) is 90.7 Å². The van der Waals surface area contributed by atoms with Crippen molar-refractivity contribution in [3.8, 4) is 0 Å². The summed E-state index contributed by atoms with van der Waals surface area (Å²) in [7, 11) is 0. The summed E-state index contributed by atoms with van der Waals surface area (Å²) < 4.78 is 0.175. The minimum absolute atomic E-state index is 0.0844. The lowest BCUT2D eigenvalue weighted by atomic mass is 10.4. The monoisotopic (exact) mass is 294 g/mol. The maximum atomic E-state index is 10.6. The summed E-state index contributed by atoms with van der Waals surface area (Å²) in [6, 6.07) is 2.53. The van der Waals surface area contributed by atoms with Gasteiger partial charge in [-0.05, 0) is 28.1 Å². The summed E-state index contributed by atoms with van der Waals surface area (Å²) in [5.41, 5.74) is 0. The standard InChI is InChI=1S/C7H4BrClN2O4/c8-5-3(9)1-2-4(10-5)11(6(12)13)7(14)15/h1-2H,(H,12,13)(H,14,15). The summed E-state index contributed by atoms with van der Waals surface area (Å²) >= 11 is 8.58. The normalized spacial score (nSPS) is 9.73. The third kappa shape index (κ3) is 2.57. The first-order valence-electron chi connectivity index (χ1n) is 3.51. The Morgan fingerprint density at radius 1 is 1.33 bits per heavy atom. The zero-order valence-electron chi connectivity index (χ0n) is 7.02. The molecule has 1 heterocycles. The summed E-state index contributed by atoms with van der Waals surface area (Å²) in [5.74, 6) is -0.244. The van der Waals surface area contributed by atoms with Crippen molar-refractivity contribution in [2.75, 3.05) is 4.90 Å². The molecule has 0 saturated carbocycles. The molecule has 1 rings (SSSR count). The number of anilines is 1. The van der Waals surface area contributed by atoms with Gasteiger partial charge in [-0.25, -0.2) is 14.6 Å². The van der Waals surface area contributed by atoms with Crippen molar-refractivity contribution >= 4 is 45.5 Å². The van der Waals surface area contributed by atoms with E-state index in [2.05, 4.69) is 20.9 Å². The lowest BCUT2D eigenvalue weighted by Gasteiger charge is -2.12. The SMILES string of the molecule is O=C(O)N(C(=O)O)c1ccc(Cl)c(Br)n1. The molecule has 0 aliphatic heterocycles. The van der Waals surface area contributed by atoms with Gasteiger partial charge in [-0.15, -0.1) is 0 Å². The number of halogens is 2. The highest BCUT2D eigenvalue weighted by molar-refractivity contribution is 9.10. The second kappa shape index (κ2) is 4.45. The Morgan fingerprint density at radius 3 is 2.27 bits per heavy atom. The van der Waals surface area contributed by atoms with Crippen LogP contribution in [0.2, 0.25) is 5.02 Å². The van der Waals surface area contributed by atoms with Crippen LogP contribution in [0.4, 0.5) is 15.4 Å². The summed E-state index contributed by atoms with van der Waals surface area (Å²) in [5, 5.41) is 17.5. The van der Waals surface area contributed by atoms with Crippen LogP contribution >= 0.6 is 27.5 Å². The van der Waals surface area contributed by atoms with Crippen LogP contribution in [0.3, 0.4) is 0 Å². The van der Waals surface area contributed by atoms with Gasteiger partial charge in [0, 0.05) is 0 Å². The number of carboxylic acid groups (broad SMARTS) is 2. The van der Waals surface area contributed by atoms with Gasteiger partial charge in [0.1, 0.15) is 10.4 Å². The molecule has 0 fully saturated rings. The van der Waals surface area contributed by atoms with Crippen molar-refractivity contribution in [3.05, 3.63) is 21.8 Å².